The summed E-state index contributed by atoms with van der Waals surface area (Å²) in [4.78, 5) is 23.4. The molecule has 0 aliphatic heterocycles. The fourth-order valence-electron chi connectivity index (χ4n) is 1.51. The van der Waals surface area contributed by atoms with Crippen molar-refractivity contribution in [2.45, 2.75) is 32.9 Å². The van der Waals surface area contributed by atoms with Gasteiger partial charge in [-0.15, -0.1) is 0 Å². The van der Waals surface area contributed by atoms with Gasteiger partial charge in [0.25, 0.3) is 0 Å². The van der Waals surface area contributed by atoms with Crippen LogP contribution in [0.1, 0.15) is 27.7 Å². The summed E-state index contributed by atoms with van der Waals surface area (Å²) in [6.45, 7) is 6.62. The summed E-state index contributed by atoms with van der Waals surface area (Å²) in [5.74, 6) is -1.45. The Hall–Kier alpha value is -1.89. The Labute approximate surface area is 131 Å². The molecule has 1 aromatic carbocycles. The maximum absolute atomic E-state index is 11.8. The minimum absolute atomic E-state index is 0.133. The van der Waals surface area contributed by atoms with Crippen LogP contribution < -0.4 is 10.6 Å². The van der Waals surface area contributed by atoms with Crippen molar-refractivity contribution in [3.8, 4) is 0 Å². The predicted molar refractivity (Wildman–Crippen MR) is 87.5 cm³/mol. The zero-order valence-corrected chi connectivity index (χ0v) is 14.0. The van der Waals surface area contributed by atoms with E-state index in [1.807, 2.05) is 0 Å². The number of sulfone groups is 1. The van der Waals surface area contributed by atoms with Crippen molar-refractivity contribution in [2.75, 3.05) is 16.4 Å². The molecule has 0 aliphatic rings. The first kappa shape index (κ1) is 18.2. The van der Waals surface area contributed by atoms with Gasteiger partial charge < -0.3 is 10.6 Å². The Kier molecular flexibility index (Phi) is 6.11. The Morgan fingerprint density at radius 2 is 1.59 bits per heavy atom. The van der Waals surface area contributed by atoms with Crippen molar-refractivity contribution in [1.29, 1.82) is 0 Å². The number of hydrogen-bond acceptors (Lipinski definition) is 4. The second-order valence-corrected chi connectivity index (χ2v) is 8.19. The molecule has 0 bridgehead atoms. The Morgan fingerprint density at radius 3 is 2.09 bits per heavy atom. The molecule has 0 spiro atoms. The molecule has 0 unspecified atom stereocenters. The van der Waals surface area contributed by atoms with E-state index in [1.54, 1.807) is 38.1 Å². The molecule has 1 aromatic rings. The van der Waals surface area contributed by atoms with E-state index >= 15 is 0 Å². The van der Waals surface area contributed by atoms with E-state index in [-0.39, 0.29) is 11.8 Å². The van der Waals surface area contributed by atoms with E-state index in [2.05, 4.69) is 10.6 Å². The molecule has 2 N–H and O–H groups in total. The topological polar surface area (TPSA) is 92.3 Å². The third-order valence-electron chi connectivity index (χ3n) is 2.99. The number of carbonyl (C=O) groups excluding carboxylic acids is 2. The highest BCUT2D eigenvalue weighted by atomic mass is 32.2. The Balaban J connectivity index is 2.75. The van der Waals surface area contributed by atoms with Gasteiger partial charge in [0.2, 0.25) is 11.8 Å². The van der Waals surface area contributed by atoms with Crippen molar-refractivity contribution < 1.29 is 18.0 Å². The van der Waals surface area contributed by atoms with Gasteiger partial charge in [0.1, 0.15) is 5.75 Å². The lowest BCUT2D eigenvalue weighted by atomic mass is 10.2. The smallest absolute Gasteiger partial charge is 0.239 e. The zero-order chi connectivity index (χ0) is 16.9. The maximum atomic E-state index is 11.8. The van der Waals surface area contributed by atoms with Gasteiger partial charge in [-0.05, 0) is 32.0 Å². The van der Waals surface area contributed by atoms with Gasteiger partial charge in [-0.2, -0.15) is 0 Å². The minimum Gasteiger partial charge on any atom is -0.326 e. The number of amides is 2. The molecule has 122 valence electrons. The average molecular weight is 326 g/mol. The number of rotatable bonds is 6. The zero-order valence-electron chi connectivity index (χ0n) is 13.2. The van der Waals surface area contributed by atoms with Gasteiger partial charge in [0.15, 0.2) is 9.84 Å². The highest BCUT2D eigenvalue weighted by molar-refractivity contribution is 7.92. The second kappa shape index (κ2) is 7.40. The molecule has 0 atom stereocenters. The molecule has 0 heterocycles. The fraction of sp³-hybridized carbons (Fsp3) is 0.467. The van der Waals surface area contributed by atoms with Gasteiger partial charge in [-0.3, -0.25) is 9.59 Å². The van der Waals surface area contributed by atoms with Gasteiger partial charge in [-0.1, -0.05) is 19.9 Å². The minimum atomic E-state index is -3.44. The average Bonchev–Trinajstić information content (AvgIpc) is 2.37. The fourth-order valence-corrected chi connectivity index (χ4v) is 2.28. The van der Waals surface area contributed by atoms with E-state index in [9.17, 15) is 18.0 Å². The summed E-state index contributed by atoms with van der Waals surface area (Å²) < 4.78 is 23.4. The molecule has 0 radical (unpaired) electrons. The van der Waals surface area contributed by atoms with Gasteiger partial charge in [-0.25, -0.2) is 8.42 Å². The maximum Gasteiger partial charge on any atom is 0.239 e. The van der Waals surface area contributed by atoms with Crippen LogP contribution in [0.5, 0.6) is 0 Å². The molecule has 0 saturated heterocycles. The van der Waals surface area contributed by atoms with Crippen molar-refractivity contribution in [3.05, 3.63) is 24.3 Å². The van der Waals surface area contributed by atoms with Crippen LogP contribution in [0.2, 0.25) is 0 Å². The van der Waals surface area contributed by atoms with E-state index in [4.69, 9.17) is 0 Å². The molecule has 0 fully saturated rings. The molecule has 0 aromatic heterocycles. The predicted octanol–water partition coefficient (Wildman–Crippen LogP) is 2.04. The van der Waals surface area contributed by atoms with Crippen molar-refractivity contribution in [2.24, 2.45) is 5.92 Å². The quantitative estimate of drug-likeness (QED) is 0.837. The lowest BCUT2D eigenvalue weighted by molar-refractivity contribution is -0.119. The standard InChI is InChI=1S/C15H22N2O4S/c1-10(2)15(19)17-13-7-5-6-12(8-13)16-14(18)9-22(20,21)11(3)4/h5-8,10-11H,9H2,1-4H3,(H,16,18)(H,17,19). The molecule has 22 heavy (non-hydrogen) atoms. The molecule has 2 amide bonds. The Morgan fingerprint density at radius 1 is 1.05 bits per heavy atom. The summed E-state index contributed by atoms with van der Waals surface area (Å²) in [6.07, 6.45) is 0. The summed E-state index contributed by atoms with van der Waals surface area (Å²) >= 11 is 0. The van der Waals surface area contributed by atoms with E-state index in [0.29, 0.717) is 11.4 Å². The van der Waals surface area contributed by atoms with Crippen LogP contribution in [-0.4, -0.2) is 31.2 Å². The second-order valence-electron chi connectivity index (χ2n) is 5.63. The number of nitrogens with one attached hydrogen (secondary N) is 2. The molecule has 7 heteroatoms. The molecule has 1 rings (SSSR count). The van der Waals surface area contributed by atoms with Crippen LogP contribution in [0.25, 0.3) is 0 Å². The van der Waals surface area contributed by atoms with Crippen molar-refractivity contribution >= 4 is 33.0 Å². The van der Waals surface area contributed by atoms with Crippen LogP contribution in [-0.2, 0) is 19.4 Å². The van der Waals surface area contributed by atoms with Crippen LogP contribution >= 0.6 is 0 Å². The molecular weight excluding hydrogens is 304 g/mol. The Bertz CT molecular complexity index is 651. The van der Waals surface area contributed by atoms with Crippen LogP contribution in [0, 0.1) is 5.92 Å². The first-order valence-corrected chi connectivity index (χ1v) is 8.75. The SMILES string of the molecule is CC(C)C(=O)Nc1cccc(NC(=O)CS(=O)(=O)C(C)C)c1. The van der Waals surface area contributed by atoms with Gasteiger partial charge in [0, 0.05) is 17.3 Å². The van der Waals surface area contributed by atoms with Crippen LogP contribution in [0.3, 0.4) is 0 Å². The summed E-state index contributed by atoms with van der Waals surface area (Å²) in [7, 11) is -3.44. The normalized spacial score (nSPS) is 11.5. The van der Waals surface area contributed by atoms with Gasteiger partial charge in [0.05, 0.1) is 5.25 Å². The first-order chi connectivity index (χ1) is 10.1. The summed E-state index contributed by atoms with van der Waals surface area (Å²) in [6, 6.07) is 6.58. The molecule has 0 saturated carbocycles. The van der Waals surface area contributed by atoms with Crippen LogP contribution in [0.15, 0.2) is 24.3 Å². The highest BCUT2D eigenvalue weighted by Gasteiger charge is 2.20. The number of carbonyl (C=O) groups is 2. The lowest BCUT2D eigenvalue weighted by Crippen LogP contribution is -2.27. The third kappa shape index (κ3) is 5.48. The first-order valence-electron chi connectivity index (χ1n) is 7.04. The molecular formula is C15H22N2O4S. The van der Waals surface area contributed by atoms with Crippen molar-refractivity contribution in [1.82, 2.24) is 0 Å². The summed E-state index contributed by atoms with van der Waals surface area (Å²) in [5, 5.41) is 4.64. The van der Waals surface area contributed by atoms with Crippen molar-refractivity contribution in [3.63, 3.8) is 0 Å². The lowest BCUT2D eigenvalue weighted by Gasteiger charge is -2.11. The van der Waals surface area contributed by atoms with Gasteiger partial charge >= 0.3 is 0 Å². The van der Waals surface area contributed by atoms with E-state index in [1.165, 1.54) is 13.8 Å². The van der Waals surface area contributed by atoms with Crippen LogP contribution in [0.4, 0.5) is 11.4 Å². The monoisotopic (exact) mass is 326 g/mol. The highest BCUT2D eigenvalue weighted by Crippen LogP contribution is 2.16. The largest absolute Gasteiger partial charge is 0.326 e. The number of benzene rings is 1. The summed E-state index contributed by atoms with van der Waals surface area (Å²) in [5.41, 5.74) is 0.980. The number of anilines is 2. The third-order valence-corrected chi connectivity index (χ3v) is 5.09. The van der Waals surface area contributed by atoms with E-state index < -0.39 is 26.7 Å². The van der Waals surface area contributed by atoms with E-state index in [0.717, 1.165) is 0 Å². The molecule has 6 nitrogen and oxygen atoms in total. The number of hydrogen-bond donors (Lipinski definition) is 2. The molecule has 0 aliphatic carbocycles.